The van der Waals surface area contributed by atoms with E-state index in [4.69, 9.17) is 0 Å². The maximum absolute atomic E-state index is 14.0. The van der Waals surface area contributed by atoms with Gasteiger partial charge in [-0.05, 0) is 55.9 Å². The monoisotopic (exact) mass is 670 g/mol. The minimum atomic E-state index is -3.80. The van der Waals surface area contributed by atoms with Gasteiger partial charge in [-0.1, -0.05) is 87.0 Å². The summed E-state index contributed by atoms with van der Waals surface area (Å²) in [5, 5.41) is 30.0. The van der Waals surface area contributed by atoms with Crippen molar-refractivity contribution in [2.45, 2.75) is 112 Å². The first kappa shape index (κ1) is 39.6. The molecule has 2 aromatic rings. The molecule has 0 saturated heterocycles. The number of pyridine rings is 1. The molecule has 0 aliphatic carbocycles. The molecule has 1 amide bonds. The average molecular weight is 671 g/mol. The average Bonchev–Trinajstić information content (AvgIpc) is 3.03. The van der Waals surface area contributed by atoms with Gasteiger partial charge in [-0.3, -0.25) is 9.59 Å². The zero-order valence-electron chi connectivity index (χ0n) is 29.7. The van der Waals surface area contributed by atoms with E-state index in [0.29, 0.717) is 23.5 Å². The summed E-state index contributed by atoms with van der Waals surface area (Å²) in [6.45, 7) is 15.9. The number of nitriles is 1. The number of carbonyl (C=O) groups is 1. The quantitative estimate of drug-likeness (QED) is 0.170. The summed E-state index contributed by atoms with van der Waals surface area (Å²) in [4.78, 5) is 26.1. The second-order valence-electron chi connectivity index (χ2n) is 13.3. The molecule has 2 rings (SSSR count). The van der Waals surface area contributed by atoms with Gasteiger partial charge in [0, 0.05) is 31.1 Å². The number of aromatic hydroxyl groups is 1. The Labute approximate surface area is 281 Å². The van der Waals surface area contributed by atoms with Crippen molar-refractivity contribution in [2.75, 3.05) is 25.1 Å². The maximum atomic E-state index is 14.0. The molecular formula is C35H54N6O5S. The molecule has 0 saturated carbocycles. The summed E-state index contributed by atoms with van der Waals surface area (Å²) in [6.07, 6.45) is 8.03. The number of aromatic nitrogens is 1. The van der Waals surface area contributed by atoms with E-state index in [2.05, 4.69) is 37.9 Å². The SMILES string of the molecule is CCCCC(CC)CN(CC(CC)CCCC)S(=O)(=O)c1ccc(/N=N/c2c(C)c(C#N)c(=O)n(N(C)C(=O)C(C)(C)C)c2O)cc1. The molecule has 0 radical (unpaired) electrons. The largest absolute Gasteiger partial charge is 0.492 e. The molecule has 11 nitrogen and oxygen atoms in total. The summed E-state index contributed by atoms with van der Waals surface area (Å²) >= 11 is 0. The zero-order chi connectivity index (χ0) is 35.5. The van der Waals surface area contributed by atoms with Gasteiger partial charge in [-0.2, -0.15) is 19.4 Å². The predicted molar refractivity (Wildman–Crippen MR) is 186 cm³/mol. The molecule has 260 valence electrons. The highest BCUT2D eigenvalue weighted by atomic mass is 32.2. The summed E-state index contributed by atoms with van der Waals surface area (Å²) in [5.41, 5.74) is -1.79. The third kappa shape index (κ3) is 9.97. The molecule has 2 unspecified atom stereocenters. The molecular weight excluding hydrogens is 616 g/mol. The number of benzene rings is 1. The number of hydrogen-bond donors (Lipinski definition) is 1. The zero-order valence-corrected chi connectivity index (χ0v) is 30.5. The Kier molecular flexibility index (Phi) is 14.8. The molecule has 1 N–H and O–H groups in total. The van der Waals surface area contributed by atoms with Crippen LogP contribution in [-0.2, 0) is 14.8 Å². The maximum Gasteiger partial charge on any atom is 0.290 e. The van der Waals surface area contributed by atoms with Gasteiger partial charge in [0.05, 0.1) is 10.6 Å². The molecule has 0 spiro atoms. The number of rotatable bonds is 17. The lowest BCUT2D eigenvalue weighted by molar-refractivity contribution is -0.127. The number of carbonyl (C=O) groups excluding carboxylic acids is 1. The normalized spacial score (nSPS) is 13.6. The topological polar surface area (TPSA) is 148 Å². The van der Waals surface area contributed by atoms with Crippen molar-refractivity contribution in [3.8, 4) is 11.9 Å². The van der Waals surface area contributed by atoms with Crippen LogP contribution in [0, 0.1) is 35.5 Å². The molecule has 0 aliphatic rings. The minimum absolute atomic E-state index is 0.101. The van der Waals surface area contributed by atoms with Crippen LogP contribution < -0.4 is 10.6 Å². The number of amides is 1. The Morgan fingerprint density at radius 1 is 0.979 bits per heavy atom. The first-order valence-corrected chi connectivity index (χ1v) is 18.2. The lowest BCUT2D eigenvalue weighted by Gasteiger charge is -2.30. The summed E-state index contributed by atoms with van der Waals surface area (Å²) in [7, 11) is -2.47. The predicted octanol–water partition coefficient (Wildman–Crippen LogP) is 7.71. The Bertz CT molecular complexity index is 1570. The van der Waals surface area contributed by atoms with E-state index >= 15 is 0 Å². The van der Waals surface area contributed by atoms with Crippen LogP contribution in [0.5, 0.6) is 5.88 Å². The van der Waals surface area contributed by atoms with Crippen molar-refractivity contribution >= 4 is 27.3 Å². The van der Waals surface area contributed by atoms with Crippen LogP contribution in [0.1, 0.15) is 111 Å². The fourth-order valence-corrected chi connectivity index (χ4v) is 7.07. The van der Waals surface area contributed by atoms with Gasteiger partial charge in [0.25, 0.3) is 5.56 Å². The highest BCUT2D eigenvalue weighted by molar-refractivity contribution is 7.89. The third-order valence-electron chi connectivity index (χ3n) is 8.65. The van der Waals surface area contributed by atoms with E-state index < -0.39 is 32.8 Å². The molecule has 0 bridgehead atoms. The minimum Gasteiger partial charge on any atom is -0.492 e. The standard InChI is InChI=1S/C35H54N6O5S/c1-10-14-16-26(12-3)23-40(24-27(13-4)17-15-11-2)47(45,46)29-20-18-28(19-21-29)37-38-31-25(5)30(22-36)32(42)41(33(31)43)39(9)34(44)35(6,7)8/h18-21,26-27,43H,10-17,23-24H2,1-9H3/b38-37+. The first-order valence-electron chi connectivity index (χ1n) is 16.8. The van der Waals surface area contributed by atoms with Crippen molar-refractivity contribution in [2.24, 2.45) is 27.5 Å². The number of unbranched alkanes of at least 4 members (excludes halogenated alkanes) is 2. The Morgan fingerprint density at radius 3 is 1.91 bits per heavy atom. The van der Waals surface area contributed by atoms with E-state index in [-0.39, 0.29) is 33.5 Å². The van der Waals surface area contributed by atoms with Gasteiger partial charge >= 0.3 is 0 Å². The number of sulfonamides is 1. The second-order valence-corrected chi connectivity index (χ2v) is 15.3. The Hall–Kier alpha value is -3.56. The fourth-order valence-electron chi connectivity index (χ4n) is 5.48. The third-order valence-corrected chi connectivity index (χ3v) is 10.5. The summed E-state index contributed by atoms with van der Waals surface area (Å²) in [6, 6.07) is 7.90. The van der Waals surface area contributed by atoms with Gasteiger partial charge in [0.15, 0.2) is 5.69 Å². The Balaban J connectivity index is 2.51. The van der Waals surface area contributed by atoms with Crippen LogP contribution in [0.4, 0.5) is 11.4 Å². The highest BCUT2D eigenvalue weighted by Gasteiger charge is 2.31. The lowest BCUT2D eigenvalue weighted by Crippen LogP contribution is -2.48. The fraction of sp³-hybridized carbons (Fsp3) is 0.629. The Morgan fingerprint density at radius 2 is 1.49 bits per heavy atom. The van der Waals surface area contributed by atoms with Crippen LogP contribution in [0.3, 0.4) is 0 Å². The van der Waals surface area contributed by atoms with Crippen molar-refractivity contribution in [3.05, 3.63) is 45.7 Å². The van der Waals surface area contributed by atoms with Gasteiger partial charge in [-0.25, -0.2) is 13.4 Å². The number of azo groups is 1. The van der Waals surface area contributed by atoms with Crippen LogP contribution in [0.15, 0.2) is 44.2 Å². The summed E-state index contributed by atoms with van der Waals surface area (Å²) < 4.78 is 30.5. The van der Waals surface area contributed by atoms with Crippen LogP contribution >= 0.6 is 0 Å². The molecule has 47 heavy (non-hydrogen) atoms. The first-order chi connectivity index (χ1) is 22.1. The van der Waals surface area contributed by atoms with E-state index in [1.807, 2.05) is 6.07 Å². The van der Waals surface area contributed by atoms with Crippen LogP contribution in [0.2, 0.25) is 0 Å². The van der Waals surface area contributed by atoms with E-state index in [9.17, 15) is 28.4 Å². The van der Waals surface area contributed by atoms with Gasteiger partial charge in [0.1, 0.15) is 11.6 Å². The number of nitrogens with zero attached hydrogens (tertiary/aromatic N) is 6. The second kappa shape index (κ2) is 17.6. The molecule has 1 aromatic heterocycles. The van der Waals surface area contributed by atoms with Crippen LogP contribution in [-0.4, -0.2) is 48.6 Å². The van der Waals surface area contributed by atoms with Crippen molar-refractivity contribution < 1.29 is 18.3 Å². The smallest absolute Gasteiger partial charge is 0.290 e. The molecule has 12 heteroatoms. The molecule has 2 atom stereocenters. The van der Waals surface area contributed by atoms with Crippen molar-refractivity contribution in [1.29, 1.82) is 5.26 Å². The van der Waals surface area contributed by atoms with Crippen molar-refractivity contribution in [1.82, 2.24) is 8.98 Å². The van der Waals surface area contributed by atoms with E-state index in [0.717, 1.165) is 56.4 Å². The van der Waals surface area contributed by atoms with Gasteiger partial charge < -0.3 is 5.11 Å². The molecule has 1 aromatic carbocycles. The van der Waals surface area contributed by atoms with E-state index in [1.165, 1.54) is 38.2 Å². The van der Waals surface area contributed by atoms with Crippen molar-refractivity contribution in [3.63, 3.8) is 0 Å². The highest BCUT2D eigenvalue weighted by Crippen LogP contribution is 2.33. The van der Waals surface area contributed by atoms with Gasteiger partial charge in [0.2, 0.25) is 21.8 Å². The molecule has 1 heterocycles. The summed E-state index contributed by atoms with van der Waals surface area (Å²) in [5.74, 6) is -0.566. The number of hydrogen-bond acceptors (Lipinski definition) is 8. The lowest BCUT2D eigenvalue weighted by atomic mass is 9.95. The molecule has 0 aliphatic heterocycles. The van der Waals surface area contributed by atoms with Crippen LogP contribution in [0.25, 0.3) is 0 Å². The van der Waals surface area contributed by atoms with Gasteiger partial charge in [-0.15, -0.1) is 5.11 Å². The molecule has 0 fully saturated rings. The van der Waals surface area contributed by atoms with E-state index in [1.54, 1.807) is 25.1 Å².